The Morgan fingerprint density at radius 2 is 1.84 bits per heavy atom. The van der Waals surface area contributed by atoms with Crippen LogP contribution in [0.15, 0.2) is 12.1 Å². The smallest absolute Gasteiger partial charge is 0.0233 e. The maximum Gasteiger partial charge on any atom is 0.0233 e. The number of likely N-dealkylation sites (N-methyl/N-ethyl adjacent to an activating group) is 1. The summed E-state index contributed by atoms with van der Waals surface area (Å²) in [5.74, 6) is 0.792. The van der Waals surface area contributed by atoms with Crippen LogP contribution < -0.4 is 0 Å². The molecule has 1 atom stereocenters. The average Bonchev–Trinajstić information content (AvgIpc) is 2.51. The summed E-state index contributed by atoms with van der Waals surface area (Å²) in [6.07, 6.45) is 5.46. The highest BCUT2D eigenvalue weighted by molar-refractivity contribution is 5.45. The highest BCUT2D eigenvalue weighted by Gasteiger charge is 2.29. The highest BCUT2D eigenvalue weighted by atomic mass is 15.1. The maximum absolute atomic E-state index is 2.52. The second kappa shape index (κ2) is 4.63. The molecule has 1 heterocycles. The Labute approximate surface area is 118 Å². The molecule has 1 aliphatic carbocycles. The number of hydrogen-bond acceptors (Lipinski definition) is 1. The quantitative estimate of drug-likeness (QED) is 0.672. The summed E-state index contributed by atoms with van der Waals surface area (Å²) in [7, 11) is 2.28. The number of aryl methyl sites for hydroxylation is 1. The number of rotatable bonds is 0. The Kier molecular flexibility index (Phi) is 3.21. The predicted molar refractivity (Wildman–Crippen MR) is 81.8 cm³/mol. The van der Waals surface area contributed by atoms with Crippen molar-refractivity contribution in [2.24, 2.45) is 0 Å². The van der Waals surface area contributed by atoms with Crippen LogP contribution >= 0.6 is 0 Å². The molecule has 1 nitrogen and oxygen atoms in total. The van der Waals surface area contributed by atoms with Crippen molar-refractivity contribution in [2.45, 2.75) is 64.3 Å². The molecule has 0 aromatic heterocycles. The van der Waals surface area contributed by atoms with E-state index in [1.807, 2.05) is 0 Å². The Balaban J connectivity index is 2.14. The van der Waals surface area contributed by atoms with Crippen molar-refractivity contribution in [3.8, 4) is 0 Å². The second-order valence-electron chi connectivity index (χ2n) is 7.60. The van der Waals surface area contributed by atoms with E-state index in [4.69, 9.17) is 0 Å². The van der Waals surface area contributed by atoms with E-state index in [-0.39, 0.29) is 5.41 Å². The van der Waals surface area contributed by atoms with E-state index < -0.39 is 0 Å². The minimum atomic E-state index is 0.267. The molecule has 104 valence electrons. The largest absolute Gasteiger partial charge is 0.301 e. The zero-order valence-corrected chi connectivity index (χ0v) is 12.9. The molecule has 0 spiro atoms. The molecule has 1 aromatic rings. The molecule has 1 aromatic carbocycles. The third kappa shape index (κ3) is 2.45. The van der Waals surface area contributed by atoms with Crippen LogP contribution in [0.3, 0.4) is 0 Å². The number of benzene rings is 1. The summed E-state index contributed by atoms with van der Waals surface area (Å²) in [5.41, 5.74) is 6.80. The third-order valence-corrected chi connectivity index (χ3v) is 4.85. The van der Waals surface area contributed by atoms with Gasteiger partial charge in [-0.2, -0.15) is 0 Å². The van der Waals surface area contributed by atoms with Gasteiger partial charge in [0.1, 0.15) is 0 Å². The molecule has 0 fully saturated rings. The summed E-state index contributed by atoms with van der Waals surface area (Å²) in [4.78, 5) is 2.51. The van der Waals surface area contributed by atoms with Gasteiger partial charge in [0.25, 0.3) is 0 Å². The van der Waals surface area contributed by atoms with Gasteiger partial charge in [0.15, 0.2) is 0 Å². The minimum Gasteiger partial charge on any atom is -0.301 e. The Morgan fingerprint density at radius 1 is 1.11 bits per heavy atom. The van der Waals surface area contributed by atoms with Gasteiger partial charge < -0.3 is 4.90 Å². The van der Waals surface area contributed by atoms with Gasteiger partial charge in [-0.25, -0.2) is 0 Å². The third-order valence-electron chi connectivity index (χ3n) is 4.85. The molecule has 0 bridgehead atoms. The molecular formula is C18H27N. The summed E-state index contributed by atoms with van der Waals surface area (Å²) in [6, 6.07) is 5.01. The molecule has 0 saturated carbocycles. The molecule has 19 heavy (non-hydrogen) atoms. The second-order valence-corrected chi connectivity index (χ2v) is 7.60. The van der Waals surface area contributed by atoms with Crippen LogP contribution in [0.5, 0.6) is 0 Å². The van der Waals surface area contributed by atoms with Crippen LogP contribution in [0.2, 0.25) is 0 Å². The molecule has 1 heteroatoms. The van der Waals surface area contributed by atoms with E-state index in [9.17, 15) is 0 Å². The molecule has 2 aliphatic rings. The fourth-order valence-electron chi connectivity index (χ4n) is 3.84. The van der Waals surface area contributed by atoms with Crippen molar-refractivity contribution in [1.29, 1.82) is 0 Å². The van der Waals surface area contributed by atoms with Gasteiger partial charge in [0, 0.05) is 13.1 Å². The average molecular weight is 257 g/mol. The van der Waals surface area contributed by atoms with Crippen LogP contribution in [-0.4, -0.2) is 18.5 Å². The molecule has 0 radical (unpaired) electrons. The van der Waals surface area contributed by atoms with Crippen LogP contribution in [0.25, 0.3) is 0 Å². The first-order valence-electron chi connectivity index (χ1n) is 7.80. The minimum absolute atomic E-state index is 0.267. The first kappa shape index (κ1) is 13.2. The molecule has 1 aliphatic heterocycles. The monoisotopic (exact) mass is 257 g/mol. The van der Waals surface area contributed by atoms with Crippen molar-refractivity contribution >= 4 is 0 Å². The van der Waals surface area contributed by atoms with Crippen molar-refractivity contribution in [1.82, 2.24) is 4.90 Å². The molecule has 0 amide bonds. The lowest BCUT2D eigenvalue weighted by Gasteiger charge is -2.34. The summed E-state index contributed by atoms with van der Waals surface area (Å²) >= 11 is 0. The topological polar surface area (TPSA) is 3.24 Å². The van der Waals surface area contributed by atoms with Crippen LogP contribution in [0, 0.1) is 0 Å². The van der Waals surface area contributed by atoms with Gasteiger partial charge in [0.2, 0.25) is 0 Å². The van der Waals surface area contributed by atoms with E-state index in [1.54, 1.807) is 16.7 Å². The van der Waals surface area contributed by atoms with Crippen molar-refractivity contribution in [3.05, 3.63) is 34.4 Å². The number of hydrogen-bond donors (Lipinski definition) is 0. The SMILES string of the molecule is CN1Cc2cc(C(C)(C)C)cc3c2[C@H](CCCC3)C1. The zero-order chi connectivity index (χ0) is 13.6. The van der Waals surface area contributed by atoms with Gasteiger partial charge in [-0.05, 0) is 59.9 Å². The lowest BCUT2D eigenvalue weighted by Crippen LogP contribution is -2.31. The van der Waals surface area contributed by atoms with Crippen LogP contribution in [0.1, 0.15) is 68.2 Å². The predicted octanol–water partition coefficient (Wildman–Crippen LogP) is 4.24. The molecule has 0 unspecified atom stereocenters. The lowest BCUT2D eigenvalue weighted by molar-refractivity contribution is 0.274. The summed E-state index contributed by atoms with van der Waals surface area (Å²) in [5, 5.41) is 0. The molecule has 3 rings (SSSR count). The molecule has 0 saturated heterocycles. The zero-order valence-electron chi connectivity index (χ0n) is 12.9. The van der Waals surface area contributed by atoms with Gasteiger partial charge in [-0.1, -0.05) is 39.3 Å². The van der Waals surface area contributed by atoms with Gasteiger partial charge in [-0.3, -0.25) is 0 Å². The molecule has 0 N–H and O–H groups in total. The van der Waals surface area contributed by atoms with Gasteiger partial charge in [0.05, 0.1) is 0 Å². The lowest BCUT2D eigenvalue weighted by atomic mass is 9.79. The highest BCUT2D eigenvalue weighted by Crippen LogP contribution is 2.39. The fraction of sp³-hybridized carbons (Fsp3) is 0.667. The van der Waals surface area contributed by atoms with E-state index >= 15 is 0 Å². The first-order valence-corrected chi connectivity index (χ1v) is 7.80. The molecular weight excluding hydrogens is 230 g/mol. The standard InChI is InChI=1S/C18H27N/c1-18(2,3)16-9-13-7-5-6-8-14-11-19(4)12-15(10-16)17(13)14/h9-10,14H,5-8,11-12H2,1-4H3/t14-/m1/s1. The normalized spacial score (nSPS) is 23.9. The van der Waals surface area contributed by atoms with Crippen LogP contribution in [0.4, 0.5) is 0 Å². The maximum atomic E-state index is 2.52. The van der Waals surface area contributed by atoms with Crippen molar-refractivity contribution in [3.63, 3.8) is 0 Å². The Hall–Kier alpha value is -0.820. The fourth-order valence-corrected chi connectivity index (χ4v) is 3.84. The van der Waals surface area contributed by atoms with E-state index in [1.165, 1.54) is 37.8 Å². The Morgan fingerprint density at radius 3 is 2.58 bits per heavy atom. The van der Waals surface area contributed by atoms with Gasteiger partial charge in [-0.15, -0.1) is 0 Å². The summed E-state index contributed by atoms with van der Waals surface area (Å²) < 4.78 is 0. The van der Waals surface area contributed by atoms with Crippen LogP contribution in [-0.2, 0) is 18.4 Å². The first-order chi connectivity index (χ1) is 8.95. The Bertz CT molecular complexity index is 481. The van der Waals surface area contributed by atoms with E-state index in [0.717, 1.165) is 12.5 Å². The van der Waals surface area contributed by atoms with Gasteiger partial charge >= 0.3 is 0 Å². The van der Waals surface area contributed by atoms with E-state index in [0.29, 0.717) is 0 Å². The van der Waals surface area contributed by atoms with Crippen molar-refractivity contribution in [2.75, 3.05) is 13.6 Å². The summed E-state index contributed by atoms with van der Waals surface area (Å²) in [6.45, 7) is 9.41. The van der Waals surface area contributed by atoms with Crippen molar-refractivity contribution < 1.29 is 0 Å². The van der Waals surface area contributed by atoms with E-state index in [2.05, 4.69) is 44.9 Å². The number of nitrogens with zero attached hydrogens (tertiary/aromatic N) is 1.